The monoisotopic (exact) mass is 304 g/mol. The van der Waals surface area contributed by atoms with Gasteiger partial charge >= 0.3 is 0 Å². The molecule has 1 amide bonds. The Morgan fingerprint density at radius 1 is 1.33 bits per heavy atom. The summed E-state index contributed by atoms with van der Waals surface area (Å²) in [5, 5.41) is 14.1. The Labute approximate surface area is 128 Å². The Balaban J connectivity index is 1.88. The molecule has 1 heterocycles. The van der Waals surface area contributed by atoms with Crippen LogP contribution in [0.1, 0.15) is 24.8 Å². The molecule has 0 saturated heterocycles. The van der Waals surface area contributed by atoms with Gasteiger partial charge in [0.25, 0.3) is 0 Å². The van der Waals surface area contributed by atoms with Crippen LogP contribution in [0.5, 0.6) is 0 Å². The summed E-state index contributed by atoms with van der Waals surface area (Å²) in [4.78, 5) is 16.6. The van der Waals surface area contributed by atoms with E-state index in [9.17, 15) is 9.90 Å². The Morgan fingerprint density at radius 3 is 2.86 bits per heavy atom. The number of carbonyl (C=O) groups excluding carboxylic acids is 1. The summed E-state index contributed by atoms with van der Waals surface area (Å²) >= 11 is 6.15. The molecule has 2 unspecified atom stereocenters. The molecule has 1 fully saturated rings. The van der Waals surface area contributed by atoms with Crippen LogP contribution in [0.15, 0.2) is 24.3 Å². The molecule has 4 nitrogen and oxygen atoms in total. The predicted molar refractivity (Wildman–Crippen MR) is 83.5 cm³/mol. The lowest BCUT2D eigenvalue weighted by Gasteiger charge is -2.14. The van der Waals surface area contributed by atoms with E-state index in [0.29, 0.717) is 17.3 Å². The third-order valence-corrected chi connectivity index (χ3v) is 4.40. The molecule has 21 heavy (non-hydrogen) atoms. The maximum atomic E-state index is 12.2. The number of nitrogens with zero attached hydrogens (tertiary/aromatic N) is 1. The van der Waals surface area contributed by atoms with Gasteiger partial charge in [-0.15, -0.1) is 0 Å². The first kappa shape index (κ1) is 14.3. The highest BCUT2D eigenvalue weighted by molar-refractivity contribution is 6.35. The van der Waals surface area contributed by atoms with Crippen LogP contribution in [0.3, 0.4) is 0 Å². The van der Waals surface area contributed by atoms with Gasteiger partial charge in [-0.05, 0) is 49.9 Å². The molecule has 1 saturated carbocycles. The summed E-state index contributed by atoms with van der Waals surface area (Å²) in [6.45, 7) is 1.96. The molecule has 1 aliphatic carbocycles. The van der Waals surface area contributed by atoms with Gasteiger partial charge < -0.3 is 10.4 Å². The van der Waals surface area contributed by atoms with Crippen molar-refractivity contribution in [3.63, 3.8) is 0 Å². The molecule has 5 heteroatoms. The van der Waals surface area contributed by atoms with Gasteiger partial charge in [-0.25, -0.2) is 4.98 Å². The normalized spacial score (nSPS) is 21.7. The maximum absolute atomic E-state index is 12.2. The van der Waals surface area contributed by atoms with Crippen LogP contribution in [0.4, 0.5) is 5.82 Å². The van der Waals surface area contributed by atoms with Crippen molar-refractivity contribution < 1.29 is 9.90 Å². The summed E-state index contributed by atoms with van der Waals surface area (Å²) in [6, 6.07) is 7.35. The molecule has 1 aliphatic rings. The van der Waals surface area contributed by atoms with Gasteiger partial charge in [0, 0.05) is 10.4 Å². The number of halogens is 1. The van der Waals surface area contributed by atoms with Crippen molar-refractivity contribution in [3.8, 4) is 0 Å². The molecule has 1 aromatic heterocycles. The van der Waals surface area contributed by atoms with Crippen LogP contribution in [0, 0.1) is 12.8 Å². The Bertz CT molecular complexity index is 702. The number of fused-ring (bicyclic) bond motifs is 1. The number of benzene rings is 1. The molecule has 0 bridgehead atoms. The van der Waals surface area contributed by atoms with Gasteiger partial charge in [-0.2, -0.15) is 0 Å². The highest BCUT2D eigenvalue weighted by atomic mass is 35.5. The molecular formula is C16H17ClN2O2. The van der Waals surface area contributed by atoms with Crippen LogP contribution < -0.4 is 5.32 Å². The molecule has 110 valence electrons. The van der Waals surface area contributed by atoms with E-state index in [4.69, 9.17) is 11.6 Å². The highest BCUT2D eigenvalue weighted by Crippen LogP contribution is 2.28. The lowest BCUT2D eigenvalue weighted by Crippen LogP contribution is -2.28. The summed E-state index contributed by atoms with van der Waals surface area (Å²) < 4.78 is 0. The van der Waals surface area contributed by atoms with E-state index in [1.54, 1.807) is 6.07 Å². The van der Waals surface area contributed by atoms with E-state index in [2.05, 4.69) is 10.3 Å². The average molecular weight is 305 g/mol. The number of hydrogen-bond acceptors (Lipinski definition) is 3. The zero-order valence-electron chi connectivity index (χ0n) is 11.8. The first-order chi connectivity index (χ1) is 10.1. The van der Waals surface area contributed by atoms with Crippen LogP contribution in [-0.4, -0.2) is 22.1 Å². The number of rotatable bonds is 2. The largest absolute Gasteiger partial charge is 0.392 e. The zero-order chi connectivity index (χ0) is 15.0. The van der Waals surface area contributed by atoms with E-state index >= 15 is 0 Å². The second-order valence-corrected chi connectivity index (χ2v) is 5.96. The van der Waals surface area contributed by atoms with Crippen LogP contribution in [0.2, 0.25) is 5.02 Å². The Morgan fingerprint density at radius 2 is 2.14 bits per heavy atom. The second-order valence-electron chi connectivity index (χ2n) is 5.55. The summed E-state index contributed by atoms with van der Waals surface area (Å²) in [5.74, 6) is 0.00597. The standard InChI is InChI=1S/C16H17ClN2O2/c1-9-5-7-12(17)10-6-8-14(18-15(9)10)19-16(21)11-3-2-4-13(11)20/h5-8,11,13,20H,2-4H2,1H3,(H,18,19,21). The minimum atomic E-state index is -0.540. The van der Waals surface area contributed by atoms with E-state index in [1.165, 1.54) is 0 Å². The number of hydrogen-bond donors (Lipinski definition) is 2. The number of amides is 1. The first-order valence-electron chi connectivity index (χ1n) is 7.11. The topological polar surface area (TPSA) is 62.2 Å². The Kier molecular flexibility index (Phi) is 3.83. The van der Waals surface area contributed by atoms with Gasteiger partial charge in [-0.3, -0.25) is 4.79 Å². The fraction of sp³-hybridized carbons (Fsp3) is 0.375. The molecule has 2 aromatic rings. The van der Waals surface area contributed by atoms with Gasteiger partial charge in [0.15, 0.2) is 0 Å². The lowest BCUT2D eigenvalue weighted by molar-refractivity contribution is -0.122. The molecule has 0 aliphatic heterocycles. The molecule has 1 aromatic carbocycles. The van der Waals surface area contributed by atoms with Crippen molar-refractivity contribution in [2.24, 2.45) is 5.92 Å². The van der Waals surface area contributed by atoms with Gasteiger partial charge in [-0.1, -0.05) is 17.7 Å². The van der Waals surface area contributed by atoms with E-state index in [1.807, 2.05) is 25.1 Å². The molecule has 2 atom stereocenters. The van der Waals surface area contributed by atoms with Gasteiger partial charge in [0.05, 0.1) is 17.5 Å². The van der Waals surface area contributed by atoms with E-state index < -0.39 is 6.10 Å². The molecule has 2 N–H and O–H groups in total. The zero-order valence-corrected chi connectivity index (χ0v) is 12.5. The average Bonchev–Trinajstić information content (AvgIpc) is 2.89. The highest BCUT2D eigenvalue weighted by Gasteiger charge is 2.31. The molecular weight excluding hydrogens is 288 g/mol. The third-order valence-electron chi connectivity index (χ3n) is 4.07. The van der Waals surface area contributed by atoms with Crippen LogP contribution in [-0.2, 0) is 4.79 Å². The van der Waals surface area contributed by atoms with E-state index in [-0.39, 0.29) is 11.8 Å². The van der Waals surface area contributed by atoms with E-state index in [0.717, 1.165) is 29.3 Å². The molecule has 3 rings (SSSR count). The number of aliphatic hydroxyl groups excluding tert-OH is 1. The van der Waals surface area contributed by atoms with Crippen molar-refractivity contribution >= 4 is 34.2 Å². The van der Waals surface area contributed by atoms with Crippen molar-refractivity contribution in [1.29, 1.82) is 0 Å². The predicted octanol–water partition coefficient (Wildman–Crippen LogP) is 3.30. The van der Waals surface area contributed by atoms with Crippen LogP contribution in [0.25, 0.3) is 10.9 Å². The minimum Gasteiger partial charge on any atom is -0.392 e. The fourth-order valence-electron chi connectivity index (χ4n) is 2.85. The first-order valence-corrected chi connectivity index (χ1v) is 7.49. The molecule has 0 spiro atoms. The number of aromatic nitrogens is 1. The minimum absolute atomic E-state index is 0.161. The second kappa shape index (κ2) is 5.62. The van der Waals surface area contributed by atoms with Crippen molar-refractivity contribution in [1.82, 2.24) is 4.98 Å². The van der Waals surface area contributed by atoms with Crippen molar-refractivity contribution in [2.75, 3.05) is 5.32 Å². The van der Waals surface area contributed by atoms with Gasteiger partial charge in [0.2, 0.25) is 5.91 Å². The number of anilines is 1. The number of aryl methyl sites for hydroxylation is 1. The SMILES string of the molecule is Cc1ccc(Cl)c2ccc(NC(=O)C3CCCC3O)nc12. The van der Waals surface area contributed by atoms with Crippen molar-refractivity contribution in [3.05, 3.63) is 34.9 Å². The Hall–Kier alpha value is -1.65. The van der Waals surface area contributed by atoms with Gasteiger partial charge in [0.1, 0.15) is 5.82 Å². The quantitative estimate of drug-likeness (QED) is 0.895. The number of carbonyl (C=O) groups is 1. The fourth-order valence-corrected chi connectivity index (χ4v) is 3.07. The smallest absolute Gasteiger partial charge is 0.231 e. The number of pyridine rings is 1. The lowest BCUT2D eigenvalue weighted by atomic mass is 10.1. The van der Waals surface area contributed by atoms with Crippen LogP contribution >= 0.6 is 11.6 Å². The number of aliphatic hydroxyl groups is 1. The number of nitrogens with one attached hydrogen (secondary N) is 1. The third kappa shape index (κ3) is 2.74. The summed E-state index contributed by atoms with van der Waals surface area (Å²) in [7, 11) is 0. The summed E-state index contributed by atoms with van der Waals surface area (Å²) in [5.41, 5.74) is 1.79. The maximum Gasteiger partial charge on any atom is 0.231 e. The summed E-state index contributed by atoms with van der Waals surface area (Å²) in [6.07, 6.45) is 1.77. The molecule has 0 radical (unpaired) electrons. The van der Waals surface area contributed by atoms with Crippen molar-refractivity contribution in [2.45, 2.75) is 32.3 Å².